The van der Waals surface area contributed by atoms with Crippen molar-refractivity contribution in [1.29, 1.82) is 0 Å². The minimum atomic E-state index is -0.0487. The van der Waals surface area contributed by atoms with Gasteiger partial charge in [-0.1, -0.05) is 42.5 Å². The smallest absolute Gasteiger partial charge is 0.147 e. The van der Waals surface area contributed by atoms with E-state index in [0.29, 0.717) is 0 Å². The molecule has 0 bridgehead atoms. The number of hydrogen-bond acceptors (Lipinski definition) is 2. The third kappa shape index (κ3) is 2.16. The lowest BCUT2D eigenvalue weighted by molar-refractivity contribution is -0.119. The SMILES string of the molecule is CC(=O)C1NC/C2=C/C=C\C=C/C=C\C21. The molecule has 0 radical (unpaired) electrons. The second-order valence-corrected chi connectivity index (χ2v) is 3.89. The van der Waals surface area contributed by atoms with Crippen molar-refractivity contribution in [3.63, 3.8) is 0 Å². The van der Waals surface area contributed by atoms with Gasteiger partial charge in [0.1, 0.15) is 5.78 Å². The second-order valence-electron chi connectivity index (χ2n) is 3.89. The third-order valence-corrected chi connectivity index (χ3v) is 2.82. The molecule has 0 aromatic rings. The van der Waals surface area contributed by atoms with E-state index in [-0.39, 0.29) is 17.7 Å². The van der Waals surface area contributed by atoms with Crippen LogP contribution in [0, 0.1) is 5.92 Å². The van der Waals surface area contributed by atoms with Crippen LogP contribution in [0.5, 0.6) is 0 Å². The van der Waals surface area contributed by atoms with Gasteiger partial charge in [0.05, 0.1) is 6.04 Å². The van der Waals surface area contributed by atoms with E-state index in [9.17, 15) is 4.79 Å². The molecule has 0 spiro atoms. The fourth-order valence-corrected chi connectivity index (χ4v) is 2.04. The van der Waals surface area contributed by atoms with Crippen LogP contribution in [0.15, 0.2) is 48.1 Å². The molecule has 78 valence electrons. The van der Waals surface area contributed by atoms with Crippen LogP contribution in [0.25, 0.3) is 0 Å². The van der Waals surface area contributed by atoms with Gasteiger partial charge >= 0.3 is 0 Å². The number of allylic oxidation sites excluding steroid dienone is 6. The lowest BCUT2D eigenvalue weighted by Gasteiger charge is -2.13. The Bertz CT molecular complexity index is 374. The number of fused-ring (bicyclic) bond motifs is 1. The lowest BCUT2D eigenvalue weighted by Crippen LogP contribution is -2.33. The van der Waals surface area contributed by atoms with Crippen LogP contribution in [-0.2, 0) is 4.79 Å². The van der Waals surface area contributed by atoms with Crippen LogP contribution in [0.2, 0.25) is 0 Å². The predicted molar refractivity (Wildman–Crippen MR) is 61.5 cm³/mol. The average Bonchev–Trinajstić information content (AvgIpc) is 2.61. The summed E-state index contributed by atoms with van der Waals surface area (Å²) in [6.07, 6.45) is 14.2. The van der Waals surface area contributed by atoms with Gasteiger partial charge in [-0.25, -0.2) is 0 Å². The minimum Gasteiger partial charge on any atom is -0.303 e. The fraction of sp³-hybridized carbons (Fsp3) is 0.308. The minimum absolute atomic E-state index is 0.0487. The molecule has 2 rings (SSSR count). The molecule has 1 fully saturated rings. The van der Waals surface area contributed by atoms with Crippen molar-refractivity contribution in [1.82, 2.24) is 5.32 Å². The van der Waals surface area contributed by atoms with Gasteiger partial charge in [0.25, 0.3) is 0 Å². The molecule has 2 heteroatoms. The van der Waals surface area contributed by atoms with Gasteiger partial charge in [-0.2, -0.15) is 0 Å². The van der Waals surface area contributed by atoms with Gasteiger partial charge in [-0.05, 0) is 12.5 Å². The number of carbonyl (C=O) groups is 1. The molecule has 2 atom stereocenters. The summed E-state index contributed by atoms with van der Waals surface area (Å²) in [5, 5.41) is 3.25. The number of hydrogen-bond donors (Lipinski definition) is 1. The molecule has 2 aliphatic rings. The molecule has 1 N–H and O–H groups in total. The summed E-state index contributed by atoms with van der Waals surface area (Å²) in [6.45, 7) is 2.45. The Morgan fingerprint density at radius 2 is 2.00 bits per heavy atom. The molecular weight excluding hydrogens is 186 g/mol. The van der Waals surface area contributed by atoms with Gasteiger partial charge < -0.3 is 5.32 Å². The standard InChI is InChI=1S/C13H15NO/c1-10(15)13-12-8-6-4-2-3-5-7-11(12)9-14-13/h2-8,12-14H,9H2,1H3/b4-2-,5-3-,8-6-,11-7-. The molecule has 0 aromatic carbocycles. The van der Waals surface area contributed by atoms with E-state index < -0.39 is 0 Å². The van der Waals surface area contributed by atoms with Crippen LogP contribution < -0.4 is 5.32 Å². The van der Waals surface area contributed by atoms with Gasteiger partial charge in [0.2, 0.25) is 0 Å². The van der Waals surface area contributed by atoms with Crippen LogP contribution in [0.1, 0.15) is 6.92 Å². The van der Waals surface area contributed by atoms with Crippen molar-refractivity contribution < 1.29 is 4.79 Å². The Morgan fingerprint density at radius 3 is 2.80 bits per heavy atom. The van der Waals surface area contributed by atoms with Crippen molar-refractivity contribution in [2.75, 3.05) is 6.54 Å². The first-order chi connectivity index (χ1) is 7.29. The summed E-state index contributed by atoms with van der Waals surface area (Å²) in [5.41, 5.74) is 1.28. The third-order valence-electron chi connectivity index (χ3n) is 2.82. The maximum atomic E-state index is 11.4. The summed E-state index contributed by atoms with van der Waals surface area (Å²) < 4.78 is 0. The molecule has 0 amide bonds. The maximum absolute atomic E-state index is 11.4. The quantitative estimate of drug-likeness (QED) is 0.700. The van der Waals surface area contributed by atoms with Crippen molar-refractivity contribution >= 4 is 5.78 Å². The molecule has 0 saturated carbocycles. The molecule has 1 aliphatic heterocycles. The average molecular weight is 201 g/mol. The number of carbonyl (C=O) groups excluding carboxylic acids is 1. The Kier molecular flexibility index (Phi) is 2.97. The van der Waals surface area contributed by atoms with E-state index in [0.717, 1.165) is 6.54 Å². The number of Topliss-reactive ketones (excluding diaryl/α,β-unsaturated/α-hetero) is 1. The number of rotatable bonds is 1. The van der Waals surface area contributed by atoms with Crippen LogP contribution in [0.3, 0.4) is 0 Å². The van der Waals surface area contributed by atoms with Crippen LogP contribution in [0.4, 0.5) is 0 Å². The summed E-state index contributed by atoms with van der Waals surface area (Å²) >= 11 is 0. The second kappa shape index (κ2) is 4.41. The molecule has 1 saturated heterocycles. The van der Waals surface area contributed by atoms with Crippen molar-refractivity contribution in [2.45, 2.75) is 13.0 Å². The first-order valence-electron chi connectivity index (χ1n) is 5.23. The van der Waals surface area contributed by atoms with Gasteiger partial charge in [-0.15, -0.1) is 0 Å². The molecule has 2 nitrogen and oxygen atoms in total. The topological polar surface area (TPSA) is 29.1 Å². The normalized spacial score (nSPS) is 38.9. The monoisotopic (exact) mass is 201 g/mol. The van der Waals surface area contributed by atoms with E-state index >= 15 is 0 Å². The van der Waals surface area contributed by atoms with Gasteiger partial charge in [0.15, 0.2) is 0 Å². The zero-order valence-corrected chi connectivity index (χ0v) is 8.81. The van der Waals surface area contributed by atoms with Crippen LogP contribution in [-0.4, -0.2) is 18.4 Å². The Hall–Kier alpha value is -1.41. The Balaban J connectivity index is 2.30. The van der Waals surface area contributed by atoms with Gasteiger partial charge in [-0.3, -0.25) is 4.79 Å². The zero-order chi connectivity index (χ0) is 10.7. The molecule has 0 aromatic heterocycles. The molecule has 1 heterocycles. The van der Waals surface area contributed by atoms with Crippen molar-refractivity contribution in [2.24, 2.45) is 5.92 Å². The first-order valence-corrected chi connectivity index (χ1v) is 5.23. The number of ketones is 1. The van der Waals surface area contributed by atoms with E-state index in [2.05, 4.69) is 17.5 Å². The molecule has 15 heavy (non-hydrogen) atoms. The van der Waals surface area contributed by atoms with Crippen molar-refractivity contribution in [3.8, 4) is 0 Å². The van der Waals surface area contributed by atoms with Gasteiger partial charge in [0, 0.05) is 12.5 Å². The largest absolute Gasteiger partial charge is 0.303 e. The van der Waals surface area contributed by atoms with Crippen LogP contribution >= 0.6 is 0 Å². The van der Waals surface area contributed by atoms with E-state index in [1.54, 1.807) is 6.92 Å². The maximum Gasteiger partial charge on any atom is 0.147 e. The highest BCUT2D eigenvalue weighted by Crippen LogP contribution is 2.24. The lowest BCUT2D eigenvalue weighted by atomic mass is 9.93. The Labute approximate surface area is 90.1 Å². The zero-order valence-electron chi connectivity index (χ0n) is 8.81. The van der Waals surface area contributed by atoms with E-state index in [1.807, 2.05) is 30.4 Å². The first kappa shape index (κ1) is 10.1. The van der Waals surface area contributed by atoms with Crippen molar-refractivity contribution in [3.05, 3.63) is 48.1 Å². The van der Waals surface area contributed by atoms with E-state index in [1.165, 1.54) is 5.57 Å². The molecule has 2 unspecified atom stereocenters. The highest BCUT2D eigenvalue weighted by atomic mass is 16.1. The fourth-order valence-electron chi connectivity index (χ4n) is 2.04. The number of nitrogens with one attached hydrogen (secondary N) is 1. The summed E-state index contributed by atoms with van der Waals surface area (Å²) in [6, 6.07) is -0.0487. The molecule has 1 aliphatic carbocycles. The summed E-state index contributed by atoms with van der Waals surface area (Å²) in [4.78, 5) is 11.4. The summed E-state index contributed by atoms with van der Waals surface area (Å²) in [7, 11) is 0. The Morgan fingerprint density at radius 1 is 1.27 bits per heavy atom. The highest BCUT2D eigenvalue weighted by molar-refractivity contribution is 5.83. The van der Waals surface area contributed by atoms with E-state index in [4.69, 9.17) is 0 Å². The predicted octanol–water partition coefficient (Wildman–Crippen LogP) is 1.77. The highest BCUT2D eigenvalue weighted by Gasteiger charge is 2.31. The summed E-state index contributed by atoms with van der Waals surface area (Å²) in [5.74, 6) is 0.426. The molecular formula is C13H15NO.